The first-order valence-electron chi connectivity index (χ1n) is 7.96. The van der Waals surface area contributed by atoms with E-state index in [1.807, 2.05) is 0 Å². The van der Waals surface area contributed by atoms with Crippen LogP contribution in [-0.4, -0.2) is 79.8 Å². The van der Waals surface area contributed by atoms with Crippen molar-refractivity contribution in [1.29, 1.82) is 0 Å². The summed E-state index contributed by atoms with van der Waals surface area (Å²) in [6, 6.07) is 5.62. The number of benzene rings is 1. The first-order valence-corrected chi connectivity index (χ1v) is 9.80. The van der Waals surface area contributed by atoms with Gasteiger partial charge in [-0.15, -0.1) is 0 Å². The highest BCUT2D eigenvalue weighted by Crippen LogP contribution is 2.12. The number of sulfonamides is 1. The van der Waals surface area contributed by atoms with Gasteiger partial charge in [0.05, 0.1) is 25.4 Å². The zero-order valence-electron chi connectivity index (χ0n) is 14.3. The molecule has 0 aromatic heterocycles. The SMILES string of the molecule is CS(=O)(=O)N(CC(=O)O)CC1CN(C(=O)Cc2ccc(F)cc2)CCO1. The van der Waals surface area contributed by atoms with Crippen LogP contribution in [0.25, 0.3) is 0 Å². The topological polar surface area (TPSA) is 104 Å². The van der Waals surface area contributed by atoms with Crippen molar-refractivity contribution in [3.63, 3.8) is 0 Å². The van der Waals surface area contributed by atoms with Gasteiger partial charge in [-0.05, 0) is 17.7 Å². The Labute approximate surface area is 151 Å². The third kappa shape index (κ3) is 6.04. The number of hydrogen-bond acceptors (Lipinski definition) is 5. The van der Waals surface area contributed by atoms with Crippen molar-refractivity contribution in [2.75, 3.05) is 39.0 Å². The summed E-state index contributed by atoms with van der Waals surface area (Å²) in [6.07, 6.45) is 0.406. The number of morpholine rings is 1. The van der Waals surface area contributed by atoms with Crippen LogP contribution in [0.15, 0.2) is 24.3 Å². The maximum atomic E-state index is 12.9. The lowest BCUT2D eigenvalue weighted by molar-refractivity contribution is -0.140. The molecule has 1 aliphatic rings. The minimum absolute atomic E-state index is 0.0952. The number of aliphatic carboxylic acids is 1. The van der Waals surface area contributed by atoms with Crippen LogP contribution >= 0.6 is 0 Å². The number of ether oxygens (including phenoxy) is 1. The molecule has 1 atom stereocenters. The van der Waals surface area contributed by atoms with Crippen molar-refractivity contribution in [3.05, 3.63) is 35.6 Å². The van der Waals surface area contributed by atoms with Gasteiger partial charge < -0.3 is 14.7 Å². The Morgan fingerprint density at radius 1 is 1.35 bits per heavy atom. The van der Waals surface area contributed by atoms with E-state index in [-0.39, 0.29) is 37.8 Å². The third-order valence-electron chi connectivity index (χ3n) is 3.95. The third-order valence-corrected chi connectivity index (χ3v) is 5.16. The second-order valence-corrected chi connectivity index (χ2v) is 8.07. The first kappa shape index (κ1) is 20.3. The van der Waals surface area contributed by atoms with Gasteiger partial charge in [-0.25, -0.2) is 12.8 Å². The average molecular weight is 388 g/mol. The highest BCUT2D eigenvalue weighted by Gasteiger charge is 2.29. The summed E-state index contributed by atoms with van der Waals surface area (Å²) in [5.74, 6) is -1.84. The molecule has 0 radical (unpaired) electrons. The molecule has 0 aliphatic carbocycles. The fourth-order valence-electron chi connectivity index (χ4n) is 2.64. The van der Waals surface area contributed by atoms with E-state index in [0.717, 1.165) is 10.6 Å². The molecule has 1 aromatic rings. The molecule has 26 heavy (non-hydrogen) atoms. The van der Waals surface area contributed by atoms with Crippen LogP contribution < -0.4 is 0 Å². The van der Waals surface area contributed by atoms with Gasteiger partial charge in [0.15, 0.2) is 0 Å². The molecule has 10 heteroatoms. The molecule has 2 rings (SSSR count). The second kappa shape index (κ2) is 8.56. The van der Waals surface area contributed by atoms with Crippen LogP contribution in [0.3, 0.4) is 0 Å². The lowest BCUT2D eigenvalue weighted by Crippen LogP contribution is -2.51. The van der Waals surface area contributed by atoms with Crippen LogP contribution in [-0.2, 0) is 30.8 Å². The first-order chi connectivity index (χ1) is 12.1. The standard InChI is InChI=1S/C16H21FN2O6S/c1-26(23,24)19(11-16(21)22)10-14-9-18(6-7-25-14)15(20)8-12-2-4-13(17)5-3-12/h2-5,14H,6-11H2,1H3,(H,21,22). The summed E-state index contributed by atoms with van der Waals surface area (Å²) in [4.78, 5) is 24.8. The van der Waals surface area contributed by atoms with Gasteiger partial charge in [0.1, 0.15) is 12.4 Å². The largest absolute Gasteiger partial charge is 0.480 e. The van der Waals surface area contributed by atoms with Gasteiger partial charge >= 0.3 is 5.97 Å². The molecule has 1 fully saturated rings. The Morgan fingerprint density at radius 3 is 2.58 bits per heavy atom. The van der Waals surface area contributed by atoms with Crippen LogP contribution in [0.1, 0.15) is 5.56 Å². The summed E-state index contributed by atoms with van der Waals surface area (Å²) in [6.45, 7) is -0.0713. The van der Waals surface area contributed by atoms with E-state index in [1.165, 1.54) is 24.3 Å². The summed E-state index contributed by atoms with van der Waals surface area (Å²) >= 11 is 0. The van der Waals surface area contributed by atoms with Crippen molar-refractivity contribution >= 4 is 21.9 Å². The fraction of sp³-hybridized carbons (Fsp3) is 0.500. The van der Waals surface area contributed by atoms with E-state index in [1.54, 1.807) is 4.90 Å². The number of carbonyl (C=O) groups excluding carboxylic acids is 1. The number of amides is 1. The molecule has 1 aliphatic heterocycles. The molecule has 1 saturated heterocycles. The van der Waals surface area contributed by atoms with Crippen molar-refractivity contribution in [2.45, 2.75) is 12.5 Å². The van der Waals surface area contributed by atoms with Gasteiger partial charge in [0.2, 0.25) is 15.9 Å². The van der Waals surface area contributed by atoms with Gasteiger partial charge in [0, 0.05) is 19.6 Å². The number of rotatable bonds is 7. The van der Waals surface area contributed by atoms with E-state index in [0.29, 0.717) is 12.1 Å². The Balaban J connectivity index is 1.97. The van der Waals surface area contributed by atoms with Crippen LogP contribution in [0.4, 0.5) is 4.39 Å². The van der Waals surface area contributed by atoms with Crippen molar-refractivity contribution in [2.24, 2.45) is 0 Å². The lowest BCUT2D eigenvalue weighted by Gasteiger charge is -2.35. The molecule has 0 bridgehead atoms. The van der Waals surface area contributed by atoms with E-state index in [2.05, 4.69) is 0 Å². The summed E-state index contributed by atoms with van der Waals surface area (Å²) in [5, 5.41) is 8.86. The summed E-state index contributed by atoms with van der Waals surface area (Å²) < 4.78 is 42.7. The zero-order valence-corrected chi connectivity index (χ0v) is 15.1. The van der Waals surface area contributed by atoms with E-state index >= 15 is 0 Å². The van der Waals surface area contributed by atoms with Gasteiger partial charge in [-0.2, -0.15) is 4.31 Å². The number of nitrogens with zero attached hydrogens (tertiary/aromatic N) is 2. The summed E-state index contributed by atoms with van der Waals surface area (Å²) in [7, 11) is -3.72. The molecule has 1 N–H and O–H groups in total. The monoisotopic (exact) mass is 388 g/mol. The van der Waals surface area contributed by atoms with Crippen molar-refractivity contribution in [3.8, 4) is 0 Å². The molecule has 1 aromatic carbocycles. The summed E-state index contributed by atoms with van der Waals surface area (Å²) in [5.41, 5.74) is 0.670. The quantitative estimate of drug-likeness (QED) is 0.702. The normalized spacial score (nSPS) is 18.1. The molecule has 1 heterocycles. The predicted octanol–water partition coefficient (Wildman–Crippen LogP) is -0.0582. The number of carboxylic acid groups (broad SMARTS) is 1. The molecule has 1 amide bonds. The number of hydrogen-bond donors (Lipinski definition) is 1. The maximum absolute atomic E-state index is 12.9. The molecular formula is C16H21FN2O6S. The number of halogens is 1. The van der Waals surface area contributed by atoms with Crippen LogP contribution in [0.5, 0.6) is 0 Å². The van der Waals surface area contributed by atoms with Gasteiger partial charge in [-0.3, -0.25) is 9.59 Å². The van der Waals surface area contributed by atoms with E-state index < -0.39 is 28.6 Å². The molecule has 0 saturated carbocycles. The van der Waals surface area contributed by atoms with E-state index in [9.17, 15) is 22.4 Å². The number of carboxylic acids is 1. The Morgan fingerprint density at radius 2 is 2.00 bits per heavy atom. The minimum atomic E-state index is -3.72. The highest BCUT2D eigenvalue weighted by atomic mass is 32.2. The van der Waals surface area contributed by atoms with E-state index in [4.69, 9.17) is 9.84 Å². The highest BCUT2D eigenvalue weighted by molar-refractivity contribution is 7.88. The lowest BCUT2D eigenvalue weighted by atomic mass is 10.1. The smallest absolute Gasteiger partial charge is 0.318 e. The van der Waals surface area contributed by atoms with Gasteiger partial charge in [-0.1, -0.05) is 12.1 Å². The molecule has 0 spiro atoms. The Kier molecular flexibility index (Phi) is 6.68. The molecule has 1 unspecified atom stereocenters. The maximum Gasteiger partial charge on any atom is 0.318 e. The molecule has 8 nitrogen and oxygen atoms in total. The minimum Gasteiger partial charge on any atom is -0.480 e. The van der Waals surface area contributed by atoms with Crippen molar-refractivity contribution < 1.29 is 32.2 Å². The van der Waals surface area contributed by atoms with Crippen molar-refractivity contribution in [1.82, 2.24) is 9.21 Å². The number of carbonyl (C=O) groups is 2. The Hall–Kier alpha value is -2.04. The molecular weight excluding hydrogens is 367 g/mol. The average Bonchev–Trinajstić information content (AvgIpc) is 2.55. The Bertz CT molecular complexity index is 753. The zero-order chi connectivity index (χ0) is 19.3. The predicted molar refractivity (Wildman–Crippen MR) is 90.5 cm³/mol. The molecule has 144 valence electrons. The van der Waals surface area contributed by atoms with Crippen LogP contribution in [0, 0.1) is 5.82 Å². The fourth-order valence-corrected chi connectivity index (χ4v) is 3.42. The second-order valence-electron chi connectivity index (χ2n) is 6.09. The van der Waals surface area contributed by atoms with Crippen LogP contribution in [0.2, 0.25) is 0 Å². The van der Waals surface area contributed by atoms with Gasteiger partial charge in [0.25, 0.3) is 0 Å².